The van der Waals surface area contributed by atoms with Crippen LogP contribution in [0.5, 0.6) is 5.75 Å². The van der Waals surface area contributed by atoms with Crippen LogP contribution in [0.1, 0.15) is 29.7 Å². The van der Waals surface area contributed by atoms with E-state index in [2.05, 4.69) is 47.0 Å². The number of thioether (sulfide) groups is 1. The third-order valence-corrected chi connectivity index (χ3v) is 4.98. The fourth-order valence-electron chi connectivity index (χ4n) is 2.63. The van der Waals surface area contributed by atoms with Crippen LogP contribution in [0.4, 0.5) is 0 Å². The van der Waals surface area contributed by atoms with Gasteiger partial charge in [-0.1, -0.05) is 24.3 Å². The first-order valence-corrected chi connectivity index (χ1v) is 10.3. The van der Waals surface area contributed by atoms with Crippen LogP contribution in [0.15, 0.2) is 52.4 Å². The second kappa shape index (κ2) is 12.9. The Morgan fingerprint density at radius 1 is 1.18 bits per heavy atom. The molecule has 0 saturated heterocycles. The Balaban J connectivity index is 0.00000392. The topological polar surface area (TPSA) is 65.9 Å². The van der Waals surface area contributed by atoms with Crippen LogP contribution >= 0.6 is 35.7 Å². The Bertz CT molecular complexity index is 754. The number of ether oxygens (including phenoxy) is 1. The molecule has 0 aliphatic carbocycles. The summed E-state index contributed by atoms with van der Waals surface area (Å²) in [6.07, 6.45) is 1.46. The third-order valence-electron chi connectivity index (χ3n) is 4.16. The highest BCUT2D eigenvalue weighted by Crippen LogP contribution is 2.22. The molecular formula is C21H30IN3O2S. The Hall–Kier alpha value is -1.45. The van der Waals surface area contributed by atoms with E-state index in [-0.39, 0.29) is 24.0 Å². The summed E-state index contributed by atoms with van der Waals surface area (Å²) < 4.78 is 5.15. The molecule has 2 aromatic carbocycles. The highest BCUT2D eigenvalue weighted by Gasteiger charge is 2.09. The van der Waals surface area contributed by atoms with Crippen molar-refractivity contribution in [2.45, 2.75) is 31.4 Å². The van der Waals surface area contributed by atoms with Gasteiger partial charge in [-0.15, -0.1) is 35.7 Å². The van der Waals surface area contributed by atoms with Crippen molar-refractivity contribution in [3.63, 3.8) is 0 Å². The Labute approximate surface area is 189 Å². The van der Waals surface area contributed by atoms with Crippen molar-refractivity contribution in [3.05, 3.63) is 59.2 Å². The SMILES string of the molecule is CCNC(=NCc1ccc(C)cc1SC)NCC(O)c1ccc(OC)cc1.I. The van der Waals surface area contributed by atoms with E-state index in [4.69, 9.17) is 4.74 Å². The molecule has 5 nitrogen and oxygen atoms in total. The minimum atomic E-state index is -0.624. The summed E-state index contributed by atoms with van der Waals surface area (Å²) in [6, 6.07) is 13.8. The first-order chi connectivity index (χ1) is 13.1. The Morgan fingerprint density at radius 3 is 2.50 bits per heavy atom. The lowest BCUT2D eigenvalue weighted by Crippen LogP contribution is -2.39. The van der Waals surface area contributed by atoms with E-state index < -0.39 is 6.10 Å². The number of hydrogen-bond donors (Lipinski definition) is 3. The van der Waals surface area contributed by atoms with Gasteiger partial charge >= 0.3 is 0 Å². The number of rotatable bonds is 8. The van der Waals surface area contributed by atoms with Gasteiger partial charge in [-0.3, -0.25) is 0 Å². The maximum absolute atomic E-state index is 10.4. The number of nitrogens with one attached hydrogen (secondary N) is 2. The molecule has 0 heterocycles. The summed E-state index contributed by atoms with van der Waals surface area (Å²) in [4.78, 5) is 5.91. The minimum Gasteiger partial charge on any atom is -0.497 e. The lowest BCUT2D eigenvalue weighted by Gasteiger charge is -2.16. The summed E-state index contributed by atoms with van der Waals surface area (Å²) in [5.41, 5.74) is 3.28. The zero-order valence-electron chi connectivity index (χ0n) is 16.9. The predicted octanol–water partition coefficient (Wildman–Crippen LogP) is 4.13. The number of hydrogen-bond acceptors (Lipinski definition) is 4. The van der Waals surface area contributed by atoms with E-state index in [0.717, 1.165) is 17.9 Å². The van der Waals surface area contributed by atoms with Gasteiger partial charge in [0.25, 0.3) is 0 Å². The molecule has 0 aliphatic heterocycles. The zero-order chi connectivity index (χ0) is 19.6. The van der Waals surface area contributed by atoms with E-state index in [1.54, 1.807) is 18.9 Å². The van der Waals surface area contributed by atoms with Gasteiger partial charge in [-0.25, -0.2) is 4.99 Å². The van der Waals surface area contributed by atoms with E-state index in [9.17, 15) is 5.11 Å². The average Bonchev–Trinajstić information content (AvgIpc) is 2.70. The van der Waals surface area contributed by atoms with Crippen LogP contribution in [0.2, 0.25) is 0 Å². The Kier molecular flexibility index (Phi) is 11.3. The molecule has 1 atom stereocenters. The number of aryl methyl sites for hydroxylation is 1. The highest BCUT2D eigenvalue weighted by molar-refractivity contribution is 14.0. The molecule has 2 rings (SSSR count). The maximum Gasteiger partial charge on any atom is 0.191 e. The zero-order valence-corrected chi connectivity index (χ0v) is 20.0. The fourth-order valence-corrected chi connectivity index (χ4v) is 3.32. The third kappa shape index (κ3) is 7.52. The second-order valence-electron chi connectivity index (χ2n) is 6.18. The number of aliphatic imine (C=N–C) groups is 1. The molecule has 7 heteroatoms. The largest absolute Gasteiger partial charge is 0.497 e. The van der Waals surface area contributed by atoms with Crippen molar-refractivity contribution in [1.29, 1.82) is 0 Å². The molecule has 0 fully saturated rings. The lowest BCUT2D eigenvalue weighted by atomic mass is 10.1. The van der Waals surface area contributed by atoms with Gasteiger partial charge in [-0.2, -0.15) is 0 Å². The molecule has 28 heavy (non-hydrogen) atoms. The van der Waals surface area contributed by atoms with Crippen LogP contribution in [-0.2, 0) is 6.54 Å². The number of halogens is 1. The van der Waals surface area contributed by atoms with E-state index in [1.165, 1.54) is 16.0 Å². The molecule has 1 unspecified atom stereocenters. The van der Waals surface area contributed by atoms with Gasteiger partial charge in [0.1, 0.15) is 5.75 Å². The van der Waals surface area contributed by atoms with Crippen LogP contribution in [-0.4, -0.2) is 37.5 Å². The number of guanidine groups is 1. The quantitative estimate of drug-likeness (QED) is 0.214. The van der Waals surface area contributed by atoms with E-state index in [1.807, 2.05) is 31.2 Å². The molecule has 0 aromatic heterocycles. The van der Waals surface area contributed by atoms with Gasteiger partial charge in [0.05, 0.1) is 19.8 Å². The van der Waals surface area contributed by atoms with Crippen LogP contribution < -0.4 is 15.4 Å². The summed E-state index contributed by atoms with van der Waals surface area (Å²) >= 11 is 1.73. The average molecular weight is 515 g/mol. The summed E-state index contributed by atoms with van der Waals surface area (Å²) in [7, 11) is 1.63. The number of benzene rings is 2. The standard InChI is InChI=1S/C21H29N3O2S.HI/c1-5-22-21(23-13-17-7-6-15(2)12-20(17)27-4)24-14-19(25)16-8-10-18(26-3)11-9-16;/h6-12,19,25H,5,13-14H2,1-4H3,(H2,22,23,24);1H. The maximum atomic E-state index is 10.4. The molecule has 3 N–H and O–H groups in total. The van der Waals surface area contributed by atoms with Gasteiger partial charge in [0.2, 0.25) is 0 Å². The summed E-state index contributed by atoms with van der Waals surface area (Å²) in [6.45, 7) is 5.84. The Morgan fingerprint density at radius 2 is 1.89 bits per heavy atom. The normalized spacial score (nSPS) is 12.1. The van der Waals surface area contributed by atoms with Gasteiger partial charge in [0, 0.05) is 18.0 Å². The van der Waals surface area contributed by atoms with Crippen LogP contribution in [0.3, 0.4) is 0 Å². The van der Waals surface area contributed by atoms with E-state index in [0.29, 0.717) is 19.0 Å². The van der Waals surface area contributed by atoms with Crippen molar-refractivity contribution >= 4 is 41.7 Å². The fraction of sp³-hybridized carbons (Fsp3) is 0.381. The number of methoxy groups -OCH3 is 1. The van der Waals surface area contributed by atoms with Gasteiger partial charge < -0.3 is 20.5 Å². The lowest BCUT2D eigenvalue weighted by molar-refractivity contribution is 0.180. The highest BCUT2D eigenvalue weighted by atomic mass is 127. The molecule has 0 amide bonds. The molecule has 154 valence electrons. The van der Waals surface area contributed by atoms with Gasteiger partial charge in [-0.05, 0) is 55.0 Å². The molecular weight excluding hydrogens is 485 g/mol. The molecule has 0 aliphatic rings. The molecule has 0 radical (unpaired) electrons. The first-order valence-electron chi connectivity index (χ1n) is 9.05. The predicted molar refractivity (Wildman–Crippen MR) is 129 cm³/mol. The van der Waals surface area contributed by atoms with Gasteiger partial charge in [0.15, 0.2) is 5.96 Å². The number of aliphatic hydroxyl groups excluding tert-OH is 1. The van der Waals surface area contributed by atoms with Crippen molar-refractivity contribution in [3.8, 4) is 5.75 Å². The second-order valence-corrected chi connectivity index (χ2v) is 7.03. The molecule has 0 saturated carbocycles. The summed E-state index contributed by atoms with van der Waals surface area (Å²) in [5, 5.41) is 16.9. The van der Waals surface area contributed by atoms with Crippen molar-refractivity contribution in [2.24, 2.45) is 4.99 Å². The van der Waals surface area contributed by atoms with Crippen molar-refractivity contribution in [2.75, 3.05) is 26.5 Å². The van der Waals surface area contributed by atoms with Crippen molar-refractivity contribution in [1.82, 2.24) is 10.6 Å². The monoisotopic (exact) mass is 515 g/mol. The van der Waals surface area contributed by atoms with Crippen LogP contribution in [0.25, 0.3) is 0 Å². The minimum absolute atomic E-state index is 0. The molecule has 0 bridgehead atoms. The smallest absolute Gasteiger partial charge is 0.191 e. The number of nitrogens with zero attached hydrogens (tertiary/aromatic N) is 1. The molecule has 0 spiro atoms. The number of aliphatic hydroxyl groups is 1. The summed E-state index contributed by atoms with van der Waals surface area (Å²) in [5.74, 6) is 1.47. The van der Waals surface area contributed by atoms with E-state index >= 15 is 0 Å². The van der Waals surface area contributed by atoms with Crippen LogP contribution in [0, 0.1) is 6.92 Å². The first kappa shape index (κ1) is 24.6. The molecule has 2 aromatic rings. The van der Waals surface area contributed by atoms with Crippen molar-refractivity contribution < 1.29 is 9.84 Å².